The molecule has 0 radical (unpaired) electrons. The molecule has 0 aromatic carbocycles. The predicted molar refractivity (Wildman–Crippen MR) is 99.3 cm³/mol. The van der Waals surface area contributed by atoms with Gasteiger partial charge in [0, 0.05) is 30.0 Å². The Morgan fingerprint density at radius 3 is 2.92 bits per heavy atom. The first-order valence-corrected chi connectivity index (χ1v) is 9.14. The van der Waals surface area contributed by atoms with Crippen LogP contribution in [-0.4, -0.2) is 35.4 Å². The molecule has 0 bridgehead atoms. The number of hydrogen-bond acceptors (Lipinski definition) is 5. The summed E-state index contributed by atoms with van der Waals surface area (Å²) in [5.74, 6) is 1.10. The Morgan fingerprint density at radius 1 is 1.15 bits per heavy atom. The summed E-state index contributed by atoms with van der Waals surface area (Å²) in [6, 6.07) is 9.34. The molecule has 2 aromatic heterocycles. The number of hydrogen-bond donors (Lipinski definition) is 1. The lowest BCUT2D eigenvalue weighted by Gasteiger charge is -2.32. The number of pyridine rings is 1. The summed E-state index contributed by atoms with van der Waals surface area (Å²) in [5.41, 5.74) is 3.98. The largest absolute Gasteiger partial charge is 0.379 e. The zero-order valence-corrected chi connectivity index (χ0v) is 14.7. The van der Waals surface area contributed by atoms with Crippen LogP contribution in [-0.2, 0) is 0 Å². The highest BCUT2D eigenvalue weighted by Crippen LogP contribution is 2.34. The first-order valence-electron chi connectivity index (χ1n) is 9.14. The Kier molecular flexibility index (Phi) is 3.58. The van der Waals surface area contributed by atoms with Gasteiger partial charge in [0.05, 0.1) is 11.4 Å². The van der Waals surface area contributed by atoms with Gasteiger partial charge in [0.25, 0.3) is 0 Å². The maximum absolute atomic E-state index is 4.54. The van der Waals surface area contributed by atoms with Crippen LogP contribution >= 0.6 is 0 Å². The fourth-order valence-corrected chi connectivity index (χ4v) is 4.06. The molecule has 2 aliphatic heterocycles. The molecule has 1 saturated carbocycles. The van der Waals surface area contributed by atoms with Gasteiger partial charge in [-0.1, -0.05) is 0 Å². The van der Waals surface area contributed by atoms with Crippen molar-refractivity contribution in [2.75, 3.05) is 5.32 Å². The SMILES string of the molecule is Cc1cc(NC2CCC(n3cccc4ccnc3-4)CC2)c2nncn2n1. The van der Waals surface area contributed by atoms with Crippen molar-refractivity contribution < 1.29 is 0 Å². The number of nitrogens with one attached hydrogen (secondary N) is 1. The van der Waals surface area contributed by atoms with Crippen LogP contribution in [0.3, 0.4) is 0 Å². The lowest BCUT2D eigenvalue weighted by atomic mass is 9.90. The van der Waals surface area contributed by atoms with Crippen molar-refractivity contribution in [3.63, 3.8) is 0 Å². The molecule has 1 N–H and O–H groups in total. The average Bonchev–Trinajstić information content (AvgIpc) is 3.31. The first kappa shape index (κ1) is 15.3. The first-order chi connectivity index (χ1) is 12.8. The van der Waals surface area contributed by atoms with Crippen LogP contribution in [0.25, 0.3) is 17.0 Å². The zero-order chi connectivity index (χ0) is 17.5. The monoisotopic (exact) mass is 347 g/mol. The number of fused-ring (bicyclic) bond motifs is 2. The molecule has 1 aliphatic carbocycles. The second-order valence-electron chi connectivity index (χ2n) is 7.09. The molecule has 0 saturated heterocycles. The highest BCUT2D eigenvalue weighted by atomic mass is 15.3. The Balaban J connectivity index is 1.31. The van der Waals surface area contributed by atoms with Crippen LogP contribution in [0.15, 0.2) is 43.0 Å². The van der Waals surface area contributed by atoms with Crippen molar-refractivity contribution in [2.45, 2.75) is 44.7 Å². The Morgan fingerprint density at radius 2 is 2.04 bits per heavy atom. The van der Waals surface area contributed by atoms with E-state index in [2.05, 4.69) is 60.6 Å². The molecule has 0 amide bonds. The van der Waals surface area contributed by atoms with Gasteiger partial charge in [0.2, 0.25) is 5.65 Å². The third kappa shape index (κ3) is 2.60. The van der Waals surface area contributed by atoms with Crippen molar-refractivity contribution in [2.24, 2.45) is 0 Å². The molecular weight excluding hydrogens is 326 g/mol. The van der Waals surface area contributed by atoms with Crippen molar-refractivity contribution in [3.8, 4) is 11.4 Å². The smallest absolute Gasteiger partial charge is 0.200 e. The lowest BCUT2D eigenvalue weighted by molar-refractivity contribution is 0.334. The summed E-state index contributed by atoms with van der Waals surface area (Å²) in [6.07, 6.45) is 10.2. The molecule has 0 unspecified atom stereocenters. The number of anilines is 1. The molecular formula is C19H21N7. The van der Waals surface area contributed by atoms with Gasteiger partial charge in [0.1, 0.15) is 12.2 Å². The van der Waals surface area contributed by atoms with Crippen molar-refractivity contribution in [1.29, 1.82) is 0 Å². The summed E-state index contributed by atoms with van der Waals surface area (Å²) in [5, 5.41) is 16.2. The van der Waals surface area contributed by atoms with Crippen molar-refractivity contribution in [1.82, 2.24) is 29.4 Å². The molecule has 0 spiro atoms. The zero-order valence-electron chi connectivity index (χ0n) is 14.7. The second kappa shape index (κ2) is 6.09. The quantitative estimate of drug-likeness (QED) is 0.615. The standard InChI is InChI=1S/C19H21N7/c1-13-11-17(19-23-21-12-26(19)24-13)22-15-4-6-16(7-5-15)25-10-2-3-14-8-9-20-18(14)25/h2-3,8-12,15-16,22H,4-7H2,1H3. The van der Waals surface area contributed by atoms with Gasteiger partial charge in [0.15, 0.2) is 0 Å². The van der Waals surface area contributed by atoms with E-state index < -0.39 is 0 Å². The van der Waals surface area contributed by atoms with E-state index in [1.165, 1.54) is 5.56 Å². The highest BCUT2D eigenvalue weighted by Gasteiger charge is 2.24. The van der Waals surface area contributed by atoms with Crippen molar-refractivity contribution >= 4 is 11.3 Å². The van der Waals surface area contributed by atoms with E-state index >= 15 is 0 Å². The summed E-state index contributed by atoms with van der Waals surface area (Å²) >= 11 is 0. The van der Waals surface area contributed by atoms with E-state index in [0.29, 0.717) is 12.1 Å². The minimum Gasteiger partial charge on any atom is -0.379 e. The van der Waals surface area contributed by atoms with E-state index in [0.717, 1.165) is 48.5 Å². The van der Waals surface area contributed by atoms with E-state index in [1.54, 1.807) is 10.8 Å². The van der Waals surface area contributed by atoms with E-state index in [4.69, 9.17) is 0 Å². The molecule has 7 nitrogen and oxygen atoms in total. The average molecular weight is 347 g/mol. The molecule has 2 aromatic rings. The van der Waals surface area contributed by atoms with E-state index in [-0.39, 0.29) is 0 Å². The van der Waals surface area contributed by atoms with Crippen LogP contribution < -0.4 is 5.32 Å². The van der Waals surface area contributed by atoms with Crippen LogP contribution in [0.2, 0.25) is 0 Å². The van der Waals surface area contributed by atoms with Crippen LogP contribution in [0.5, 0.6) is 0 Å². The molecule has 7 heteroatoms. The normalized spacial score (nSPS) is 20.7. The van der Waals surface area contributed by atoms with Crippen molar-refractivity contribution in [3.05, 3.63) is 48.7 Å². The predicted octanol–water partition coefficient (Wildman–Crippen LogP) is 3.33. The van der Waals surface area contributed by atoms with Gasteiger partial charge in [-0.15, -0.1) is 10.2 Å². The Labute approximate surface area is 151 Å². The second-order valence-corrected chi connectivity index (χ2v) is 7.09. The van der Waals surface area contributed by atoms with Crippen LogP contribution in [0, 0.1) is 6.92 Å². The van der Waals surface area contributed by atoms with Crippen LogP contribution in [0.1, 0.15) is 37.4 Å². The van der Waals surface area contributed by atoms with Gasteiger partial charge in [-0.25, -0.2) is 4.98 Å². The summed E-state index contributed by atoms with van der Waals surface area (Å²) in [4.78, 5) is 4.54. The van der Waals surface area contributed by atoms with Gasteiger partial charge in [-0.05, 0) is 56.9 Å². The minimum atomic E-state index is 0.445. The van der Waals surface area contributed by atoms with Gasteiger partial charge in [-0.3, -0.25) is 0 Å². The van der Waals surface area contributed by atoms with Crippen LogP contribution in [0.4, 0.5) is 5.69 Å². The molecule has 26 heavy (non-hydrogen) atoms. The third-order valence-corrected chi connectivity index (χ3v) is 5.32. The Hall–Kier alpha value is -2.96. The molecule has 0 atom stereocenters. The summed E-state index contributed by atoms with van der Waals surface area (Å²) < 4.78 is 4.08. The lowest BCUT2D eigenvalue weighted by Crippen LogP contribution is -2.28. The number of nitrogens with zero attached hydrogens (tertiary/aromatic N) is 6. The minimum absolute atomic E-state index is 0.445. The maximum Gasteiger partial charge on any atom is 0.200 e. The van der Waals surface area contributed by atoms with Gasteiger partial charge < -0.3 is 9.88 Å². The maximum atomic E-state index is 4.54. The molecule has 1 fully saturated rings. The number of aromatic nitrogens is 6. The summed E-state index contributed by atoms with van der Waals surface area (Å²) in [6.45, 7) is 1.99. The fraction of sp³-hybridized carbons (Fsp3) is 0.368. The number of rotatable bonds is 3. The van der Waals surface area contributed by atoms with E-state index in [9.17, 15) is 0 Å². The van der Waals surface area contributed by atoms with Gasteiger partial charge in [-0.2, -0.15) is 9.61 Å². The summed E-state index contributed by atoms with van der Waals surface area (Å²) in [7, 11) is 0. The van der Waals surface area contributed by atoms with Gasteiger partial charge >= 0.3 is 0 Å². The third-order valence-electron chi connectivity index (χ3n) is 5.32. The van der Waals surface area contributed by atoms with E-state index in [1.807, 2.05) is 13.1 Å². The molecule has 5 rings (SSSR count). The fourth-order valence-electron chi connectivity index (χ4n) is 4.06. The Bertz CT molecular complexity index is 1010. The molecule has 132 valence electrons. The topological polar surface area (TPSA) is 72.9 Å². The number of aryl methyl sites for hydroxylation is 1. The molecule has 4 heterocycles. The highest BCUT2D eigenvalue weighted by molar-refractivity contribution is 5.67. The molecule has 3 aliphatic rings.